The van der Waals surface area contributed by atoms with E-state index in [1.807, 2.05) is 0 Å². The topological polar surface area (TPSA) is 108 Å². The van der Waals surface area contributed by atoms with E-state index in [-0.39, 0.29) is 17.9 Å². The molecule has 0 heterocycles. The number of nitrogens with two attached hydrogens (primary N) is 1. The number of amides is 2. The molecule has 0 saturated carbocycles. The molecule has 1 rings (SSSR count). The van der Waals surface area contributed by atoms with Crippen molar-refractivity contribution in [2.45, 2.75) is 13.0 Å². The zero-order valence-corrected chi connectivity index (χ0v) is 11.5. The van der Waals surface area contributed by atoms with Crippen LogP contribution in [0.15, 0.2) is 18.2 Å². The first-order valence-electron chi connectivity index (χ1n) is 5.92. The average Bonchev–Trinajstić information content (AvgIpc) is 2.41. The summed E-state index contributed by atoms with van der Waals surface area (Å²) in [5, 5.41) is 2.34. The largest absolute Gasteiger partial charge is 0.491 e. The minimum absolute atomic E-state index is 0.0803. The minimum atomic E-state index is -1.02. The zero-order valence-electron chi connectivity index (χ0n) is 11.5. The molecule has 0 saturated heterocycles. The first kappa shape index (κ1) is 16.4. The second-order valence-corrected chi connectivity index (χ2v) is 4.09. The summed E-state index contributed by atoms with van der Waals surface area (Å²) in [4.78, 5) is 33.3. The van der Waals surface area contributed by atoms with Gasteiger partial charge in [0, 0.05) is 13.0 Å². The van der Waals surface area contributed by atoms with Crippen LogP contribution in [0.3, 0.4) is 0 Å². The van der Waals surface area contributed by atoms with E-state index in [0.29, 0.717) is 0 Å². The van der Waals surface area contributed by atoms with E-state index in [2.05, 4.69) is 10.1 Å². The fraction of sp³-hybridized carbons (Fsp3) is 0.308. The van der Waals surface area contributed by atoms with Gasteiger partial charge in [-0.25, -0.2) is 9.18 Å². The Bertz CT molecular complexity index is 561. The predicted octanol–water partition coefficient (Wildman–Crippen LogP) is -0.0189. The lowest BCUT2D eigenvalue weighted by Crippen LogP contribution is -2.44. The molecule has 0 aliphatic rings. The molecule has 1 aromatic rings. The standard InChI is InChI=1S/C13H15FN2O5/c1-7(17)16-11(13(19)20-2)6-21-8-3-4-9(12(15)18)10(14)5-8/h3-5,11H,6H2,1-2H3,(H2,15,18)(H,16,17). The number of halogens is 1. The summed E-state index contributed by atoms with van der Waals surface area (Å²) in [5.74, 6) is -2.79. The number of nitrogens with one attached hydrogen (secondary N) is 1. The molecule has 3 N–H and O–H groups in total. The van der Waals surface area contributed by atoms with Gasteiger partial charge in [-0.05, 0) is 12.1 Å². The summed E-state index contributed by atoms with van der Waals surface area (Å²) in [6.45, 7) is 0.985. The normalized spacial score (nSPS) is 11.4. The molecule has 0 spiro atoms. The number of hydrogen-bond donors (Lipinski definition) is 2. The number of carbonyl (C=O) groups excluding carboxylic acids is 3. The van der Waals surface area contributed by atoms with E-state index >= 15 is 0 Å². The molecule has 8 heteroatoms. The van der Waals surface area contributed by atoms with E-state index in [1.54, 1.807) is 0 Å². The Balaban J connectivity index is 2.76. The van der Waals surface area contributed by atoms with Crippen LogP contribution in [0.2, 0.25) is 0 Å². The van der Waals surface area contributed by atoms with Gasteiger partial charge < -0.3 is 20.5 Å². The Labute approximate surface area is 120 Å². The van der Waals surface area contributed by atoms with Crippen molar-refractivity contribution in [2.24, 2.45) is 5.73 Å². The molecule has 2 amide bonds. The number of benzene rings is 1. The predicted molar refractivity (Wildman–Crippen MR) is 70.0 cm³/mol. The van der Waals surface area contributed by atoms with Crippen molar-refractivity contribution in [3.8, 4) is 5.75 Å². The van der Waals surface area contributed by atoms with Crippen LogP contribution in [0.5, 0.6) is 5.75 Å². The second-order valence-electron chi connectivity index (χ2n) is 4.09. The fourth-order valence-electron chi connectivity index (χ4n) is 1.52. The van der Waals surface area contributed by atoms with Gasteiger partial charge in [-0.15, -0.1) is 0 Å². The number of hydrogen-bond acceptors (Lipinski definition) is 5. The van der Waals surface area contributed by atoms with E-state index < -0.39 is 29.6 Å². The number of rotatable bonds is 6. The highest BCUT2D eigenvalue weighted by Gasteiger charge is 2.21. The van der Waals surface area contributed by atoms with Crippen LogP contribution in [0, 0.1) is 5.82 Å². The van der Waals surface area contributed by atoms with Crippen molar-refractivity contribution >= 4 is 17.8 Å². The van der Waals surface area contributed by atoms with Gasteiger partial charge in [0.05, 0.1) is 12.7 Å². The first-order valence-corrected chi connectivity index (χ1v) is 5.92. The highest BCUT2D eigenvalue weighted by Crippen LogP contribution is 2.16. The molecule has 0 bridgehead atoms. The van der Waals surface area contributed by atoms with Gasteiger partial charge in [-0.2, -0.15) is 0 Å². The summed E-state index contributed by atoms with van der Waals surface area (Å²) >= 11 is 0. The lowest BCUT2D eigenvalue weighted by atomic mass is 10.2. The smallest absolute Gasteiger partial charge is 0.331 e. The Hall–Kier alpha value is -2.64. The molecular formula is C13H15FN2O5. The van der Waals surface area contributed by atoms with Crippen molar-refractivity contribution in [1.82, 2.24) is 5.32 Å². The third kappa shape index (κ3) is 4.75. The van der Waals surface area contributed by atoms with Gasteiger partial charge in [0.1, 0.15) is 18.2 Å². The zero-order chi connectivity index (χ0) is 16.0. The molecule has 0 fully saturated rings. The molecule has 1 atom stereocenters. The summed E-state index contributed by atoms with van der Waals surface area (Å²) in [6, 6.07) is 2.43. The first-order chi connectivity index (χ1) is 9.85. The fourth-order valence-corrected chi connectivity index (χ4v) is 1.52. The van der Waals surface area contributed by atoms with Crippen molar-refractivity contribution < 1.29 is 28.2 Å². The lowest BCUT2D eigenvalue weighted by Gasteiger charge is -2.16. The summed E-state index contributed by atoms with van der Waals surface area (Å²) in [7, 11) is 1.17. The van der Waals surface area contributed by atoms with Gasteiger partial charge in [0.25, 0.3) is 5.91 Å². The maximum Gasteiger partial charge on any atom is 0.331 e. The quantitative estimate of drug-likeness (QED) is 0.718. The van der Waals surface area contributed by atoms with E-state index in [0.717, 1.165) is 6.07 Å². The van der Waals surface area contributed by atoms with Crippen LogP contribution < -0.4 is 15.8 Å². The van der Waals surface area contributed by atoms with Crippen molar-refractivity contribution in [3.63, 3.8) is 0 Å². The molecule has 7 nitrogen and oxygen atoms in total. The summed E-state index contributed by atoms with van der Waals surface area (Å²) in [5.41, 5.74) is 4.70. The Morgan fingerprint density at radius 1 is 1.38 bits per heavy atom. The maximum atomic E-state index is 13.5. The van der Waals surface area contributed by atoms with E-state index in [1.165, 1.54) is 26.2 Å². The van der Waals surface area contributed by atoms with Crippen LogP contribution in [0.25, 0.3) is 0 Å². The van der Waals surface area contributed by atoms with Gasteiger partial charge in [-0.1, -0.05) is 0 Å². The molecular weight excluding hydrogens is 283 g/mol. The van der Waals surface area contributed by atoms with Crippen LogP contribution in [0.1, 0.15) is 17.3 Å². The number of carbonyl (C=O) groups is 3. The molecule has 0 aliphatic heterocycles. The SMILES string of the molecule is COC(=O)C(COc1ccc(C(N)=O)c(F)c1)NC(C)=O. The van der Waals surface area contributed by atoms with Gasteiger partial charge in [-0.3, -0.25) is 9.59 Å². The summed E-state index contributed by atoms with van der Waals surface area (Å²) < 4.78 is 23.2. The highest BCUT2D eigenvalue weighted by atomic mass is 19.1. The lowest BCUT2D eigenvalue weighted by molar-refractivity contribution is -0.145. The maximum absolute atomic E-state index is 13.5. The molecule has 1 aromatic carbocycles. The van der Waals surface area contributed by atoms with Gasteiger partial charge >= 0.3 is 5.97 Å². The summed E-state index contributed by atoms with van der Waals surface area (Å²) in [6.07, 6.45) is 0. The van der Waals surface area contributed by atoms with Crippen LogP contribution >= 0.6 is 0 Å². The Morgan fingerprint density at radius 3 is 2.52 bits per heavy atom. The van der Waals surface area contributed by atoms with Gasteiger partial charge in [0.2, 0.25) is 5.91 Å². The molecule has 1 unspecified atom stereocenters. The Morgan fingerprint density at radius 2 is 2.05 bits per heavy atom. The second kappa shape index (κ2) is 7.22. The molecule has 114 valence electrons. The van der Waals surface area contributed by atoms with Crippen LogP contribution in [-0.2, 0) is 14.3 Å². The van der Waals surface area contributed by atoms with Crippen molar-refractivity contribution in [2.75, 3.05) is 13.7 Å². The number of primary amides is 1. The Kier molecular flexibility index (Phi) is 5.65. The third-order valence-electron chi connectivity index (χ3n) is 2.49. The van der Waals surface area contributed by atoms with Gasteiger partial charge in [0.15, 0.2) is 6.04 Å². The van der Waals surface area contributed by atoms with Crippen LogP contribution in [0.4, 0.5) is 4.39 Å². The monoisotopic (exact) mass is 298 g/mol. The molecule has 0 radical (unpaired) electrons. The number of ether oxygens (including phenoxy) is 2. The van der Waals surface area contributed by atoms with E-state index in [9.17, 15) is 18.8 Å². The molecule has 0 aliphatic carbocycles. The average molecular weight is 298 g/mol. The third-order valence-corrected chi connectivity index (χ3v) is 2.49. The van der Waals surface area contributed by atoms with Crippen molar-refractivity contribution in [3.05, 3.63) is 29.6 Å². The molecule has 0 aromatic heterocycles. The van der Waals surface area contributed by atoms with E-state index in [4.69, 9.17) is 10.5 Å². The number of methoxy groups -OCH3 is 1. The van der Waals surface area contributed by atoms with Crippen molar-refractivity contribution in [1.29, 1.82) is 0 Å². The molecule has 21 heavy (non-hydrogen) atoms. The van der Waals surface area contributed by atoms with Crippen LogP contribution in [-0.4, -0.2) is 37.5 Å². The minimum Gasteiger partial charge on any atom is -0.491 e. The number of esters is 1. The highest BCUT2D eigenvalue weighted by molar-refractivity contribution is 5.93.